The van der Waals surface area contributed by atoms with E-state index in [1.807, 2.05) is 0 Å². The topological polar surface area (TPSA) is 34.1 Å². The second-order valence-corrected chi connectivity index (χ2v) is 6.21. The number of hydrogen-bond acceptors (Lipinski definition) is 3. The molecule has 0 aromatic carbocycles. The first-order valence-corrected chi connectivity index (χ1v) is 6.39. The van der Waals surface area contributed by atoms with Crippen molar-refractivity contribution in [2.75, 3.05) is 13.2 Å². The molecule has 1 saturated heterocycles. The molecular weight excluding hydrogens is 202 g/mol. The Hall–Kier alpha value is -0.570. The minimum atomic E-state index is 0.313. The molecule has 3 aliphatic rings. The predicted octanol–water partition coefficient (Wildman–Crippen LogP) is 2.46. The molecule has 0 aromatic heterocycles. The maximum Gasteiger partial charge on any atom is 0.145 e. The third kappa shape index (κ3) is 1.75. The molecule has 0 N–H and O–H groups in total. The van der Waals surface area contributed by atoms with Gasteiger partial charge in [-0.3, -0.25) is 0 Å². The average molecular weight is 223 g/mol. The summed E-state index contributed by atoms with van der Waals surface area (Å²) >= 11 is 0. The van der Waals surface area contributed by atoms with Crippen LogP contribution in [-0.4, -0.2) is 25.0 Å². The molecule has 90 valence electrons. The Balaban J connectivity index is 1.58. The van der Waals surface area contributed by atoms with E-state index in [1.54, 1.807) is 0 Å². The molecule has 4 atom stereocenters. The lowest BCUT2D eigenvalue weighted by molar-refractivity contribution is 0.122. The molecule has 0 unspecified atom stereocenters. The van der Waals surface area contributed by atoms with Crippen LogP contribution < -0.4 is 0 Å². The van der Waals surface area contributed by atoms with E-state index >= 15 is 0 Å². The number of epoxide rings is 1. The Bertz CT molecular complexity index is 320. The zero-order valence-corrected chi connectivity index (χ0v) is 10.4. The molecule has 0 spiro atoms. The molecule has 0 amide bonds. The number of rotatable bonds is 3. The van der Waals surface area contributed by atoms with Crippen LogP contribution >= 0.6 is 0 Å². The van der Waals surface area contributed by atoms with Gasteiger partial charge in [-0.1, -0.05) is 25.9 Å². The highest BCUT2D eigenvalue weighted by Crippen LogP contribution is 2.65. The molecule has 1 aliphatic heterocycles. The van der Waals surface area contributed by atoms with Crippen LogP contribution in [0.2, 0.25) is 0 Å². The van der Waals surface area contributed by atoms with Crippen LogP contribution in [-0.2, 0) is 9.57 Å². The van der Waals surface area contributed by atoms with E-state index in [-0.39, 0.29) is 0 Å². The summed E-state index contributed by atoms with van der Waals surface area (Å²) in [6, 6.07) is 0. The van der Waals surface area contributed by atoms with E-state index in [0.29, 0.717) is 24.0 Å². The van der Waals surface area contributed by atoms with Gasteiger partial charge < -0.3 is 9.57 Å². The number of fused-ring (bicyclic) bond motifs is 1. The molecule has 0 aromatic rings. The third-order valence-corrected chi connectivity index (χ3v) is 4.74. The lowest BCUT2D eigenvalue weighted by Crippen LogP contribution is -2.18. The van der Waals surface area contributed by atoms with Crippen molar-refractivity contribution in [2.45, 2.75) is 39.7 Å². The van der Waals surface area contributed by atoms with Crippen molar-refractivity contribution in [3.8, 4) is 0 Å². The Kier molecular flexibility index (Phi) is 2.29. The lowest BCUT2D eigenvalue weighted by Gasteiger charge is -2.18. The predicted molar refractivity (Wildman–Crippen MR) is 62.3 cm³/mol. The van der Waals surface area contributed by atoms with E-state index in [0.717, 1.165) is 24.9 Å². The summed E-state index contributed by atoms with van der Waals surface area (Å²) in [7, 11) is 0. The summed E-state index contributed by atoms with van der Waals surface area (Å²) in [4.78, 5) is 5.37. The molecular formula is C13H21NO2. The zero-order valence-electron chi connectivity index (χ0n) is 10.4. The largest absolute Gasteiger partial charge is 0.393 e. The van der Waals surface area contributed by atoms with Crippen molar-refractivity contribution in [2.24, 2.45) is 28.3 Å². The molecule has 2 saturated carbocycles. The Labute approximate surface area is 97.2 Å². The van der Waals surface area contributed by atoms with Crippen molar-refractivity contribution >= 4 is 5.71 Å². The Morgan fingerprint density at radius 2 is 2.19 bits per heavy atom. The van der Waals surface area contributed by atoms with E-state index in [2.05, 4.69) is 25.9 Å². The first-order chi connectivity index (χ1) is 7.59. The van der Waals surface area contributed by atoms with Crippen LogP contribution in [0.3, 0.4) is 0 Å². The third-order valence-electron chi connectivity index (χ3n) is 4.74. The molecule has 0 radical (unpaired) electrons. The normalized spacial score (nSPS) is 46.3. The summed E-state index contributed by atoms with van der Waals surface area (Å²) in [6.07, 6.45) is 2.75. The van der Waals surface area contributed by atoms with Crippen molar-refractivity contribution in [1.29, 1.82) is 0 Å². The molecule has 1 heterocycles. The fourth-order valence-corrected chi connectivity index (χ4v) is 3.17. The second-order valence-electron chi connectivity index (χ2n) is 6.21. The molecule has 2 aliphatic carbocycles. The van der Waals surface area contributed by atoms with Crippen LogP contribution in [0.1, 0.15) is 33.6 Å². The second kappa shape index (κ2) is 3.46. The average Bonchev–Trinajstić information content (AvgIpc) is 3.10. The van der Waals surface area contributed by atoms with Crippen molar-refractivity contribution < 1.29 is 9.57 Å². The van der Waals surface area contributed by atoms with Crippen LogP contribution in [0.25, 0.3) is 0 Å². The maximum atomic E-state index is 5.37. The number of nitrogens with zero attached hydrogens (tertiary/aromatic N) is 1. The van der Waals surface area contributed by atoms with E-state index in [9.17, 15) is 0 Å². The van der Waals surface area contributed by atoms with Gasteiger partial charge in [-0.05, 0) is 36.0 Å². The quantitative estimate of drug-likeness (QED) is 0.544. The van der Waals surface area contributed by atoms with Gasteiger partial charge in [0.2, 0.25) is 0 Å². The standard InChI is InChI=1S/C13H21NO2/c1-8-4-10-11(13(10,2)3)5-12(8)14-16-7-9-6-15-9/h8-11H,4-7H2,1-3H3/b14-12+/t8-,9-,10+,11-/m1/s1. The Morgan fingerprint density at radius 1 is 1.44 bits per heavy atom. The summed E-state index contributed by atoms with van der Waals surface area (Å²) in [5, 5.41) is 4.32. The summed E-state index contributed by atoms with van der Waals surface area (Å²) in [5.74, 6) is 2.37. The minimum Gasteiger partial charge on any atom is -0.393 e. The highest BCUT2D eigenvalue weighted by Gasteiger charge is 2.60. The molecule has 3 rings (SSSR count). The number of hydrogen-bond donors (Lipinski definition) is 0. The highest BCUT2D eigenvalue weighted by atomic mass is 16.7. The molecule has 3 fully saturated rings. The van der Waals surface area contributed by atoms with Gasteiger partial charge in [-0.2, -0.15) is 0 Å². The Morgan fingerprint density at radius 3 is 2.88 bits per heavy atom. The number of oxime groups is 1. The molecule has 0 bridgehead atoms. The van der Waals surface area contributed by atoms with E-state index in [4.69, 9.17) is 9.57 Å². The molecule has 16 heavy (non-hydrogen) atoms. The SMILES string of the molecule is C[C@@H]1C[C@H]2[C@@H](C/C1=N\OC[C@H]1CO1)C2(C)C. The number of ether oxygens (including phenoxy) is 1. The van der Waals surface area contributed by atoms with Gasteiger partial charge in [-0.25, -0.2) is 0 Å². The first kappa shape index (κ1) is 10.6. The van der Waals surface area contributed by atoms with Crippen molar-refractivity contribution in [1.82, 2.24) is 0 Å². The zero-order chi connectivity index (χ0) is 11.3. The van der Waals surface area contributed by atoms with E-state index in [1.165, 1.54) is 12.1 Å². The van der Waals surface area contributed by atoms with Crippen LogP contribution in [0.5, 0.6) is 0 Å². The smallest absolute Gasteiger partial charge is 0.145 e. The summed E-state index contributed by atoms with van der Waals surface area (Å²) in [6.45, 7) is 8.53. The van der Waals surface area contributed by atoms with Crippen molar-refractivity contribution in [3.05, 3.63) is 0 Å². The van der Waals surface area contributed by atoms with Gasteiger partial charge in [0.25, 0.3) is 0 Å². The fraction of sp³-hybridized carbons (Fsp3) is 0.923. The summed E-state index contributed by atoms with van der Waals surface area (Å²) < 4.78 is 5.09. The summed E-state index contributed by atoms with van der Waals surface area (Å²) in [5.41, 5.74) is 1.82. The first-order valence-electron chi connectivity index (χ1n) is 6.39. The van der Waals surface area contributed by atoms with Crippen LogP contribution in [0.15, 0.2) is 5.16 Å². The van der Waals surface area contributed by atoms with Gasteiger partial charge in [0, 0.05) is 0 Å². The van der Waals surface area contributed by atoms with Gasteiger partial charge in [0.05, 0.1) is 12.3 Å². The highest BCUT2D eigenvalue weighted by molar-refractivity contribution is 5.87. The molecule has 3 nitrogen and oxygen atoms in total. The monoisotopic (exact) mass is 223 g/mol. The van der Waals surface area contributed by atoms with Gasteiger partial charge >= 0.3 is 0 Å². The minimum absolute atomic E-state index is 0.313. The van der Waals surface area contributed by atoms with Gasteiger partial charge in [-0.15, -0.1) is 0 Å². The van der Waals surface area contributed by atoms with Crippen LogP contribution in [0.4, 0.5) is 0 Å². The van der Waals surface area contributed by atoms with Crippen molar-refractivity contribution in [3.63, 3.8) is 0 Å². The molecule has 3 heteroatoms. The van der Waals surface area contributed by atoms with E-state index < -0.39 is 0 Å². The lowest BCUT2D eigenvalue weighted by atomic mass is 9.89. The van der Waals surface area contributed by atoms with Crippen LogP contribution in [0, 0.1) is 23.2 Å². The maximum absolute atomic E-state index is 5.37. The van der Waals surface area contributed by atoms with Gasteiger partial charge in [0.15, 0.2) is 0 Å². The van der Waals surface area contributed by atoms with Gasteiger partial charge in [0.1, 0.15) is 12.7 Å². The fourth-order valence-electron chi connectivity index (χ4n) is 3.17.